The number of nitrogens with one attached hydrogen (secondary N) is 1. The number of hydrogen-bond acceptors (Lipinski definition) is 3. The maximum Gasteiger partial charge on any atom is 0.0449 e. The summed E-state index contributed by atoms with van der Waals surface area (Å²) in [4.78, 5) is 2.43. The van der Waals surface area contributed by atoms with Crippen LogP contribution in [0.3, 0.4) is 0 Å². The SMILES string of the molecule is CC1CC(CN)(NC2CCCC2)CN1C. The van der Waals surface area contributed by atoms with Crippen LogP contribution in [-0.4, -0.2) is 42.7 Å². The molecule has 3 heteroatoms. The third-order valence-corrected chi connectivity index (χ3v) is 4.25. The minimum absolute atomic E-state index is 0.198. The molecule has 2 unspecified atom stereocenters. The average Bonchev–Trinajstić information content (AvgIpc) is 2.78. The van der Waals surface area contributed by atoms with Crippen molar-refractivity contribution >= 4 is 0 Å². The zero-order chi connectivity index (χ0) is 10.9. The Balaban J connectivity index is 1.96. The summed E-state index contributed by atoms with van der Waals surface area (Å²) in [5, 5.41) is 3.84. The Kier molecular flexibility index (Phi) is 3.33. The summed E-state index contributed by atoms with van der Waals surface area (Å²) in [7, 11) is 2.21. The Hall–Kier alpha value is -0.120. The second kappa shape index (κ2) is 4.40. The van der Waals surface area contributed by atoms with Gasteiger partial charge in [-0.2, -0.15) is 0 Å². The molecule has 1 saturated carbocycles. The van der Waals surface area contributed by atoms with E-state index in [4.69, 9.17) is 5.73 Å². The smallest absolute Gasteiger partial charge is 0.0449 e. The first-order chi connectivity index (χ1) is 7.15. The molecule has 88 valence electrons. The standard InChI is InChI=1S/C12H25N3/c1-10-7-12(8-13,9-15(10)2)14-11-5-3-4-6-11/h10-11,14H,3-9,13H2,1-2H3. The van der Waals surface area contributed by atoms with Gasteiger partial charge in [-0.1, -0.05) is 12.8 Å². The summed E-state index contributed by atoms with van der Waals surface area (Å²) < 4.78 is 0. The average molecular weight is 211 g/mol. The lowest BCUT2D eigenvalue weighted by Gasteiger charge is -2.32. The molecule has 2 aliphatic rings. The lowest BCUT2D eigenvalue weighted by atomic mass is 9.95. The highest BCUT2D eigenvalue weighted by atomic mass is 15.2. The summed E-state index contributed by atoms with van der Waals surface area (Å²) in [6, 6.07) is 1.40. The van der Waals surface area contributed by atoms with Crippen molar-refractivity contribution in [3.05, 3.63) is 0 Å². The van der Waals surface area contributed by atoms with Gasteiger partial charge in [0.15, 0.2) is 0 Å². The number of likely N-dealkylation sites (tertiary alicyclic amines) is 1. The molecule has 2 atom stereocenters. The molecule has 3 nitrogen and oxygen atoms in total. The molecule has 0 radical (unpaired) electrons. The van der Waals surface area contributed by atoms with Crippen molar-refractivity contribution in [2.45, 2.75) is 56.7 Å². The Bertz CT molecular complexity index is 201. The third kappa shape index (κ3) is 2.35. The van der Waals surface area contributed by atoms with E-state index in [2.05, 4.69) is 24.2 Å². The molecule has 2 rings (SSSR count). The number of hydrogen-bond donors (Lipinski definition) is 2. The van der Waals surface area contributed by atoms with Crippen LogP contribution in [0.4, 0.5) is 0 Å². The van der Waals surface area contributed by atoms with Crippen LogP contribution in [0.25, 0.3) is 0 Å². The molecule has 0 aromatic carbocycles. The Morgan fingerprint density at radius 3 is 2.53 bits per heavy atom. The highest BCUT2D eigenvalue weighted by Crippen LogP contribution is 2.28. The van der Waals surface area contributed by atoms with E-state index in [1.807, 2.05) is 0 Å². The Morgan fingerprint density at radius 1 is 1.40 bits per heavy atom. The molecule has 1 aliphatic carbocycles. The van der Waals surface area contributed by atoms with Gasteiger partial charge in [0.2, 0.25) is 0 Å². The highest BCUT2D eigenvalue weighted by Gasteiger charge is 2.40. The van der Waals surface area contributed by atoms with Gasteiger partial charge < -0.3 is 16.0 Å². The first-order valence-electron chi connectivity index (χ1n) is 6.33. The zero-order valence-electron chi connectivity index (χ0n) is 10.1. The van der Waals surface area contributed by atoms with Gasteiger partial charge in [0.1, 0.15) is 0 Å². The van der Waals surface area contributed by atoms with Crippen molar-refractivity contribution in [3.8, 4) is 0 Å². The highest BCUT2D eigenvalue weighted by molar-refractivity contribution is 5.02. The first-order valence-corrected chi connectivity index (χ1v) is 6.33. The quantitative estimate of drug-likeness (QED) is 0.730. The summed E-state index contributed by atoms with van der Waals surface area (Å²) >= 11 is 0. The van der Waals surface area contributed by atoms with Gasteiger partial charge in [-0.05, 0) is 33.2 Å². The van der Waals surface area contributed by atoms with E-state index in [0.29, 0.717) is 6.04 Å². The minimum Gasteiger partial charge on any atom is -0.329 e. The molecule has 2 fully saturated rings. The number of likely N-dealkylation sites (N-methyl/N-ethyl adjacent to an activating group) is 1. The van der Waals surface area contributed by atoms with Gasteiger partial charge in [0.25, 0.3) is 0 Å². The summed E-state index contributed by atoms with van der Waals surface area (Å²) in [5.41, 5.74) is 6.18. The second-order valence-corrected chi connectivity index (χ2v) is 5.58. The molecule has 0 spiro atoms. The van der Waals surface area contributed by atoms with Crippen LogP contribution >= 0.6 is 0 Å². The molecular weight excluding hydrogens is 186 g/mol. The summed E-state index contributed by atoms with van der Waals surface area (Å²) in [6.45, 7) is 4.19. The van der Waals surface area contributed by atoms with Crippen molar-refractivity contribution in [2.75, 3.05) is 20.1 Å². The normalized spacial score (nSPS) is 39.0. The fraction of sp³-hybridized carbons (Fsp3) is 1.00. The predicted molar refractivity (Wildman–Crippen MR) is 63.9 cm³/mol. The number of nitrogens with two attached hydrogens (primary N) is 1. The molecular formula is C12H25N3. The van der Waals surface area contributed by atoms with Gasteiger partial charge in [0.05, 0.1) is 0 Å². The largest absolute Gasteiger partial charge is 0.329 e. The van der Waals surface area contributed by atoms with Crippen molar-refractivity contribution in [1.29, 1.82) is 0 Å². The van der Waals surface area contributed by atoms with Gasteiger partial charge in [-0.3, -0.25) is 0 Å². The molecule has 15 heavy (non-hydrogen) atoms. The molecule has 0 amide bonds. The maximum absolute atomic E-state index is 5.98. The van der Waals surface area contributed by atoms with Crippen LogP contribution in [0.5, 0.6) is 0 Å². The topological polar surface area (TPSA) is 41.3 Å². The molecule has 3 N–H and O–H groups in total. The van der Waals surface area contributed by atoms with Crippen LogP contribution in [0.15, 0.2) is 0 Å². The fourth-order valence-electron chi connectivity index (χ4n) is 3.23. The van der Waals surface area contributed by atoms with Crippen molar-refractivity contribution in [2.24, 2.45) is 5.73 Å². The van der Waals surface area contributed by atoms with Crippen LogP contribution in [0.1, 0.15) is 39.0 Å². The predicted octanol–water partition coefficient (Wildman–Crippen LogP) is 0.940. The molecule has 1 saturated heterocycles. The molecule has 1 heterocycles. The second-order valence-electron chi connectivity index (χ2n) is 5.58. The van der Waals surface area contributed by atoms with Crippen molar-refractivity contribution in [3.63, 3.8) is 0 Å². The minimum atomic E-state index is 0.198. The van der Waals surface area contributed by atoms with Gasteiger partial charge in [0, 0.05) is 30.7 Å². The first kappa shape index (κ1) is 11.4. The lowest BCUT2D eigenvalue weighted by molar-refractivity contribution is 0.279. The zero-order valence-corrected chi connectivity index (χ0v) is 10.1. The number of rotatable bonds is 3. The van der Waals surface area contributed by atoms with Crippen LogP contribution in [-0.2, 0) is 0 Å². The monoisotopic (exact) mass is 211 g/mol. The lowest BCUT2D eigenvalue weighted by Crippen LogP contribution is -2.56. The number of nitrogens with zero attached hydrogens (tertiary/aromatic N) is 1. The Morgan fingerprint density at radius 2 is 2.07 bits per heavy atom. The fourth-order valence-corrected chi connectivity index (χ4v) is 3.23. The van der Waals surface area contributed by atoms with E-state index in [9.17, 15) is 0 Å². The molecule has 0 aromatic heterocycles. The van der Waals surface area contributed by atoms with Crippen LogP contribution < -0.4 is 11.1 Å². The van der Waals surface area contributed by atoms with E-state index in [1.165, 1.54) is 32.1 Å². The summed E-state index contributed by atoms with van der Waals surface area (Å²) in [6.07, 6.45) is 6.68. The van der Waals surface area contributed by atoms with Crippen LogP contribution in [0, 0.1) is 0 Å². The van der Waals surface area contributed by atoms with Gasteiger partial charge >= 0.3 is 0 Å². The van der Waals surface area contributed by atoms with Crippen molar-refractivity contribution < 1.29 is 0 Å². The van der Waals surface area contributed by atoms with E-state index in [-0.39, 0.29) is 5.54 Å². The molecule has 1 aliphatic heterocycles. The molecule has 0 aromatic rings. The van der Waals surface area contributed by atoms with E-state index in [0.717, 1.165) is 19.1 Å². The van der Waals surface area contributed by atoms with E-state index >= 15 is 0 Å². The van der Waals surface area contributed by atoms with Gasteiger partial charge in [-0.25, -0.2) is 0 Å². The van der Waals surface area contributed by atoms with E-state index in [1.54, 1.807) is 0 Å². The van der Waals surface area contributed by atoms with Crippen molar-refractivity contribution in [1.82, 2.24) is 10.2 Å². The van der Waals surface area contributed by atoms with Crippen LogP contribution in [0.2, 0.25) is 0 Å². The Labute approximate surface area is 93.4 Å². The van der Waals surface area contributed by atoms with E-state index < -0.39 is 0 Å². The third-order valence-electron chi connectivity index (χ3n) is 4.25. The summed E-state index contributed by atoms with van der Waals surface area (Å²) in [5.74, 6) is 0. The molecule has 0 bridgehead atoms. The maximum atomic E-state index is 5.98. The van der Waals surface area contributed by atoms with Gasteiger partial charge in [-0.15, -0.1) is 0 Å².